The molecule has 0 bridgehead atoms. The molecule has 1 fully saturated rings. The van der Waals surface area contributed by atoms with Crippen molar-refractivity contribution in [3.63, 3.8) is 0 Å². The van der Waals surface area contributed by atoms with E-state index in [-0.39, 0.29) is 11.7 Å². The summed E-state index contributed by atoms with van der Waals surface area (Å²) in [6.45, 7) is 13.8. The van der Waals surface area contributed by atoms with Crippen molar-refractivity contribution in [3.05, 3.63) is 76.8 Å². The number of allylic oxidation sites excluding steroid dienone is 1. The molecule has 0 saturated carbocycles. The lowest BCUT2D eigenvalue weighted by Crippen LogP contribution is -2.46. The summed E-state index contributed by atoms with van der Waals surface area (Å²) in [5.74, 6) is -0.178. The van der Waals surface area contributed by atoms with E-state index in [4.69, 9.17) is 9.47 Å². The van der Waals surface area contributed by atoms with Gasteiger partial charge < -0.3 is 14.8 Å². The highest BCUT2D eigenvalue weighted by atomic mass is 19.1. The summed E-state index contributed by atoms with van der Waals surface area (Å²) in [4.78, 5) is 17.6. The fraction of sp³-hybridized carbons (Fsp3) is 0.414. The number of anilines is 1. The number of hydrogen-bond acceptors (Lipinski definition) is 5. The van der Waals surface area contributed by atoms with Crippen LogP contribution in [0.4, 0.5) is 10.1 Å². The third-order valence-electron chi connectivity index (χ3n) is 7.15. The molecular weight excluding hydrogens is 457 g/mol. The average Bonchev–Trinajstić information content (AvgIpc) is 3.35. The molecule has 36 heavy (non-hydrogen) atoms. The average molecular weight is 492 g/mol. The Morgan fingerprint density at radius 1 is 1.06 bits per heavy atom. The minimum absolute atomic E-state index is 0.271. The van der Waals surface area contributed by atoms with Gasteiger partial charge in [0.1, 0.15) is 17.2 Å². The van der Waals surface area contributed by atoms with Crippen molar-refractivity contribution in [3.8, 4) is 0 Å². The lowest BCUT2D eigenvalue weighted by molar-refractivity contribution is -0.111. The summed E-state index contributed by atoms with van der Waals surface area (Å²) in [5.41, 5.74) is 4.23. The number of nitrogens with zero attached hydrogens (tertiary/aromatic N) is 2. The molecule has 0 radical (unpaired) electrons. The smallest absolute Gasteiger partial charge is 0.260 e. The number of hydrogen-bond donors (Lipinski definition) is 1. The molecule has 0 atom stereocenters. The summed E-state index contributed by atoms with van der Waals surface area (Å²) in [6.07, 6.45) is 1.92. The van der Waals surface area contributed by atoms with Gasteiger partial charge in [0.25, 0.3) is 5.91 Å². The topological polar surface area (TPSA) is 54.0 Å². The Bertz CT molecular complexity index is 1190. The zero-order valence-corrected chi connectivity index (χ0v) is 21.3. The molecule has 1 N–H and O–H groups in total. The van der Waals surface area contributed by atoms with Crippen LogP contribution in [0.3, 0.4) is 0 Å². The van der Waals surface area contributed by atoms with E-state index in [1.54, 1.807) is 6.07 Å². The van der Waals surface area contributed by atoms with Crippen LogP contribution in [0.1, 0.15) is 37.5 Å². The van der Waals surface area contributed by atoms with Crippen molar-refractivity contribution in [2.45, 2.75) is 32.9 Å². The second-order valence-corrected chi connectivity index (χ2v) is 10.1. The number of rotatable bonds is 7. The van der Waals surface area contributed by atoms with Crippen LogP contribution in [0.15, 0.2) is 54.3 Å². The van der Waals surface area contributed by atoms with E-state index in [0.29, 0.717) is 22.6 Å². The Morgan fingerprint density at radius 2 is 1.78 bits per heavy atom. The quantitative estimate of drug-likeness (QED) is 0.456. The first-order valence-electron chi connectivity index (χ1n) is 12.7. The van der Waals surface area contributed by atoms with Crippen LogP contribution < -0.4 is 5.32 Å². The molecule has 7 heteroatoms. The highest BCUT2D eigenvalue weighted by Gasteiger charge is 2.38. The lowest BCUT2D eigenvalue weighted by atomic mass is 9.91. The molecular formula is C29H34FN3O3. The highest BCUT2D eigenvalue weighted by molar-refractivity contribution is 6.32. The molecule has 190 valence electrons. The largest absolute Gasteiger partial charge is 0.482 e. The van der Waals surface area contributed by atoms with Gasteiger partial charge in [-0.15, -0.1) is 0 Å². The number of carbonyl (C=O) groups excluding carboxylic acids is 1. The number of nitrogens with one attached hydrogen (secondary N) is 1. The Hall–Kier alpha value is -3.00. The molecule has 3 aliphatic rings. The van der Waals surface area contributed by atoms with Crippen LogP contribution in [0.5, 0.6) is 0 Å². The molecule has 2 aromatic carbocycles. The van der Waals surface area contributed by atoms with E-state index in [0.717, 1.165) is 63.6 Å². The van der Waals surface area contributed by atoms with E-state index < -0.39 is 5.60 Å². The molecule has 6 nitrogen and oxygen atoms in total. The summed E-state index contributed by atoms with van der Waals surface area (Å²) in [6, 6.07) is 12.9. The summed E-state index contributed by atoms with van der Waals surface area (Å²) in [5, 5.41) is 2.81. The van der Waals surface area contributed by atoms with E-state index in [2.05, 4.69) is 39.4 Å². The zero-order valence-electron chi connectivity index (χ0n) is 21.3. The van der Waals surface area contributed by atoms with Crippen LogP contribution in [-0.4, -0.2) is 67.2 Å². The highest BCUT2D eigenvalue weighted by Crippen LogP contribution is 2.44. The fourth-order valence-electron chi connectivity index (χ4n) is 5.16. The normalized spacial score (nSPS) is 21.8. The number of piperazine rings is 1. The number of amides is 1. The van der Waals surface area contributed by atoms with Gasteiger partial charge in [0.15, 0.2) is 0 Å². The molecule has 3 aliphatic heterocycles. The molecule has 0 spiro atoms. The molecule has 0 aliphatic carbocycles. The molecule has 5 rings (SSSR count). The zero-order chi connectivity index (χ0) is 25.3. The minimum Gasteiger partial charge on any atom is -0.482 e. The molecule has 3 heterocycles. The number of halogens is 1. The predicted octanol–water partition coefficient (Wildman–Crippen LogP) is 4.54. The summed E-state index contributed by atoms with van der Waals surface area (Å²) >= 11 is 0. The number of carbonyl (C=O) groups is 1. The van der Waals surface area contributed by atoms with Gasteiger partial charge in [0.2, 0.25) is 0 Å². The predicted molar refractivity (Wildman–Crippen MR) is 140 cm³/mol. The van der Waals surface area contributed by atoms with Crippen LogP contribution in [0.25, 0.3) is 11.1 Å². The maximum Gasteiger partial charge on any atom is 0.260 e. The van der Waals surface area contributed by atoms with Crippen LogP contribution in [0, 0.1) is 5.82 Å². The van der Waals surface area contributed by atoms with E-state index in [1.807, 2.05) is 26.8 Å². The van der Waals surface area contributed by atoms with Gasteiger partial charge >= 0.3 is 0 Å². The Morgan fingerprint density at radius 3 is 2.50 bits per heavy atom. The second-order valence-electron chi connectivity index (χ2n) is 10.1. The molecule has 2 aromatic rings. The van der Waals surface area contributed by atoms with Gasteiger partial charge in [0.05, 0.1) is 12.2 Å². The van der Waals surface area contributed by atoms with Gasteiger partial charge in [-0.05, 0) is 56.2 Å². The van der Waals surface area contributed by atoms with Crippen molar-refractivity contribution < 1.29 is 18.7 Å². The molecule has 1 amide bonds. The van der Waals surface area contributed by atoms with Gasteiger partial charge in [-0.3, -0.25) is 14.6 Å². The monoisotopic (exact) mass is 491 g/mol. The van der Waals surface area contributed by atoms with Gasteiger partial charge in [-0.1, -0.05) is 24.3 Å². The van der Waals surface area contributed by atoms with Gasteiger partial charge in [-0.25, -0.2) is 4.39 Å². The third-order valence-corrected chi connectivity index (χ3v) is 7.15. The first-order chi connectivity index (χ1) is 17.3. The maximum absolute atomic E-state index is 13.9. The van der Waals surface area contributed by atoms with Crippen LogP contribution in [0.2, 0.25) is 0 Å². The molecule has 0 unspecified atom stereocenters. The maximum atomic E-state index is 13.9. The third kappa shape index (κ3) is 5.09. The number of benzene rings is 2. The minimum atomic E-state index is -0.613. The number of fused-ring (bicyclic) bond motifs is 1. The molecule has 1 saturated heterocycles. The fourth-order valence-corrected chi connectivity index (χ4v) is 5.16. The standard InChI is InChI=1S/C29H34FN3O3/c1-4-35-16-15-32-11-13-33(14-12-32)19-20-5-7-21(8-6-20)24-18-26(36-29(24,2)3)27-23-17-22(30)9-10-25(23)31-28(27)34/h5-10,17-18H,4,11-16,19H2,1-3H3,(H,31,34). The van der Waals surface area contributed by atoms with E-state index >= 15 is 0 Å². The lowest BCUT2D eigenvalue weighted by Gasteiger charge is -2.34. The number of ether oxygens (including phenoxy) is 2. The van der Waals surface area contributed by atoms with Crippen molar-refractivity contribution in [2.24, 2.45) is 0 Å². The Balaban J connectivity index is 1.29. The molecule has 0 aromatic heterocycles. The van der Waals surface area contributed by atoms with Crippen molar-refractivity contribution in [2.75, 3.05) is 51.3 Å². The van der Waals surface area contributed by atoms with Crippen LogP contribution in [-0.2, 0) is 20.8 Å². The SMILES string of the molecule is CCOCCN1CCN(Cc2ccc(C3=CC(=C4C(=O)Nc5ccc(F)cc54)OC3(C)C)cc2)CC1. The summed E-state index contributed by atoms with van der Waals surface area (Å²) < 4.78 is 25.6. The van der Waals surface area contributed by atoms with Crippen molar-refractivity contribution >= 4 is 22.7 Å². The first kappa shape index (κ1) is 24.7. The first-order valence-corrected chi connectivity index (χ1v) is 12.7. The van der Waals surface area contributed by atoms with Crippen molar-refractivity contribution in [1.29, 1.82) is 0 Å². The van der Waals surface area contributed by atoms with Crippen molar-refractivity contribution in [1.82, 2.24) is 9.80 Å². The van der Waals surface area contributed by atoms with E-state index in [9.17, 15) is 9.18 Å². The Kier molecular flexibility index (Phi) is 6.97. The van der Waals surface area contributed by atoms with E-state index in [1.165, 1.54) is 17.7 Å². The van der Waals surface area contributed by atoms with Gasteiger partial charge in [0, 0.05) is 62.7 Å². The second kappa shape index (κ2) is 10.2. The summed E-state index contributed by atoms with van der Waals surface area (Å²) in [7, 11) is 0. The Labute approximate surface area is 212 Å². The van der Waals surface area contributed by atoms with Crippen LogP contribution >= 0.6 is 0 Å². The van der Waals surface area contributed by atoms with Gasteiger partial charge in [-0.2, -0.15) is 0 Å².